The van der Waals surface area contributed by atoms with E-state index in [1.807, 2.05) is 0 Å². The number of nitro benzene ring substituents is 1. The Bertz CT molecular complexity index is 522. The Morgan fingerprint density at radius 1 is 1.50 bits per heavy atom. The highest BCUT2D eigenvalue weighted by atomic mass is 19.3. The van der Waals surface area contributed by atoms with Crippen molar-refractivity contribution in [3.8, 4) is 5.75 Å². The van der Waals surface area contributed by atoms with Crippen molar-refractivity contribution in [1.29, 1.82) is 0 Å². The maximum Gasteiger partial charge on any atom is 0.387 e. The second-order valence-corrected chi connectivity index (χ2v) is 3.60. The molecule has 0 aliphatic rings. The van der Waals surface area contributed by atoms with Crippen LogP contribution in [0, 0.1) is 10.1 Å². The van der Waals surface area contributed by atoms with Crippen molar-refractivity contribution in [2.24, 2.45) is 0 Å². The van der Waals surface area contributed by atoms with Crippen LogP contribution in [0.3, 0.4) is 0 Å². The number of nitrogens with two attached hydrogens (primary N) is 1. The molecule has 9 heteroatoms. The van der Waals surface area contributed by atoms with Gasteiger partial charge in [0.05, 0.1) is 29.2 Å². The minimum Gasteiger partial charge on any atom is -0.466 e. The SMILES string of the molecule is CCOC(=O)Cc1c([N+](=O)[O-])ccc(N)c1OC(F)F. The molecule has 1 aromatic carbocycles. The van der Waals surface area contributed by atoms with Gasteiger partial charge in [0.1, 0.15) is 0 Å². The van der Waals surface area contributed by atoms with Crippen molar-refractivity contribution < 1.29 is 28.0 Å². The normalized spacial score (nSPS) is 10.4. The van der Waals surface area contributed by atoms with Gasteiger partial charge >= 0.3 is 12.6 Å². The number of anilines is 1. The van der Waals surface area contributed by atoms with E-state index in [4.69, 9.17) is 5.73 Å². The predicted octanol–water partition coefficient (Wildman–Crippen LogP) is 1.88. The second kappa shape index (κ2) is 6.64. The van der Waals surface area contributed by atoms with Gasteiger partial charge in [-0.15, -0.1) is 0 Å². The lowest BCUT2D eigenvalue weighted by atomic mass is 10.1. The van der Waals surface area contributed by atoms with Gasteiger partial charge in [0.15, 0.2) is 5.75 Å². The molecule has 0 bridgehead atoms. The third kappa shape index (κ3) is 3.77. The molecule has 0 amide bonds. The molecule has 0 unspecified atom stereocenters. The fourth-order valence-corrected chi connectivity index (χ4v) is 1.56. The van der Waals surface area contributed by atoms with Crippen molar-refractivity contribution in [3.05, 3.63) is 27.8 Å². The predicted molar refractivity (Wildman–Crippen MR) is 64.5 cm³/mol. The van der Waals surface area contributed by atoms with Crippen LogP contribution < -0.4 is 10.5 Å². The molecule has 20 heavy (non-hydrogen) atoms. The van der Waals surface area contributed by atoms with Crippen LogP contribution in [0.5, 0.6) is 5.75 Å². The van der Waals surface area contributed by atoms with E-state index in [0.717, 1.165) is 12.1 Å². The molecule has 0 fully saturated rings. The van der Waals surface area contributed by atoms with Crippen molar-refractivity contribution in [1.82, 2.24) is 0 Å². The Kier molecular flexibility index (Phi) is 5.18. The number of alkyl halides is 2. The summed E-state index contributed by atoms with van der Waals surface area (Å²) < 4.78 is 33.5. The fraction of sp³-hybridized carbons (Fsp3) is 0.364. The lowest BCUT2D eigenvalue weighted by molar-refractivity contribution is -0.385. The number of esters is 1. The number of benzene rings is 1. The molecule has 0 aliphatic heterocycles. The van der Waals surface area contributed by atoms with Crippen LogP contribution in [0.15, 0.2) is 12.1 Å². The number of hydrogen-bond acceptors (Lipinski definition) is 6. The van der Waals surface area contributed by atoms with Crippen LogP contribution in [-0.2, 0) is 16.0 Å². The molecule has 2 N–H and O–H groups in total. The van der Waals surface area contributed by atoms with Crippen molar-refractivity contribution in [2.75, 3.05) is 12.3 Å². The van der Waals surface area contributed by atoms with Crippen molar-refractivity contribution >= 4 is 17.3 Å². The summed E-state index contributed by atoms with van der Waals surface area (Å²) in [6.45, 7) is -1.62. The van der Waals surface area contributed by atoms with Crippen LogP contribution in [-0.4, -0.2) is 24.1 Å². The van der Waals surface area contributed by atoms with Gasteiger partial charge in [-0.05, 0) is 13.0 Å². The monoisotopic (exact) mass is 290 g/mol. The van der Waals surface area contributed by atoms with Crippen LogP contribution in [0.1, 0.15) is 12.5 Å². The lowest BCUT2D eigenvalue weighted by Gasteiger charge is -2.13. The summed E-state index contributed by atoms with van der Waals surface area (Å²) in [6.07, 6.45) is -0.586. The summed E-state index contributed by atoms with van der Waals surface area (Å²) in [5, 5.41) is 10.9. The maximum absolute atomic E-state index is 12.3. The number of nitrogens with zero attached hydrogens (tertiary/aromatic N) is 1. The third-order valence-corrected chi connectivity index (χ3v) is 2.30. The molecule has 1 rings (SSSR count). The zero-order valence-corrected chi connectivity index (χ0v) is 10.5. The zero-order valence-electron chi connectivity index (χ0n) is 10.5. The Labute approximate surface area is 112 Å². The van der Waals surface area contributed by atoms with Crippen LogP contribution in [0.4, 0.5) is 20.2 Å². The van der Waals surface area contributed by atoms with E-state index >= 15 is 0 Å². The molecule has 0 saturated carbocycles. The quantitative estimate of drug-likeness (QED) is 0.371. The average molecular weight is 290 g/mol. The minimum absolute atomic E-state index is 0.0555. The molecule has 0 aliphatic carbocycles. The fourth-order valence-electron chi connectivity index (χ4n) is 1.56. The number of halogens is 2. The molecule has 0 saturated heterocycles. The summed E-state index contributed by atoms with van der Waals surface area (Å²) in [5.41, 5.74) is 4.35. The molecule has 1 aromatic rings. The largest absolute Gasteiger partial charge is 0.466 e. The molecule has 0 heterocycles. The van der Waals surface area contributed by atoms with Gasteiger partial charge in [-0.25, -0.2) is 0 Å². The molecular weight excluding hydrogens is 278 g/mol. The Hall–Kier alpha value is -2.45. The van der Waals surface area contributed by atoms with Gasteiger partial charge in [0, 0.05) is 6.07 Å². The number of carbonyl (C=O) groups excluding carboxylic acids is 1. The first-order valence-electron chi connectivity index (χ1n) is 5.53. The third-order valence-electron chi connectivity index (χ3n) is 2.30. The standard InChI is InChI=1S/C11H12F2N2O5/c1-2-19-9(16)5-6-8(15(17)18)4-3-7(14)10(6)20-11(12)13/h3-4,11H,2,5,14H2,1H3. The first kappa shape index (κ1) is 15.6. The van der Waals surface area contributed by atoms with E-state index in [1.165, 1.54) is 0 Å². The van der Waals surface area contributed by atoms with Gasteiger partial charge in [-0.3, -0.25) is 14.9 Å². The van der Waals surface area contributed by atoms with Gasteiger partial charge in [0.2, 0.25) is 0 Å². The summed E-state index contributed by atoms with van der Waals surface area (Å²) >= 11 is 0. The van der Waals surface area contributed by atoms with Crippen molar-refractivity contribution in [2.45, 2.75) is 20.0 Å². The highest BCUT2D eigenvalue weighted by Crippen LogP contribution is 2.35. The molecule has 110 valence electrons. The van der Waals surface area contributed by atoms with Gasteiger partial charge in [0.25, 0.3) is 5.69 Å². The summed E-state index contributed by atoms with van der Waals surface area (Å²) in [7, 11) is 0. The van der Waals surface area contributed by atoms with Gasteiger partial charge in [-0.1, -0.05) is 0 Å². The second-order valence-electron chi connectivity index (χ2n) is 3.60. The number of nitrogen functional groups attached to an aromatic ring is 1. The van der Waals surface area contributed by atoms with E-state index in [1.54, 1.807) is 6.92 Å². The van der Waals surface area contributed by atoms with Crippen LogP contribution in [0.2, 0.25) is 0 Å². The van der Waals surface area contributed by atoms with E-state index < -0.39 is 35.4 Å². The topological polar surface area (TPSA) is 105 Å². The maximum atomic E-state index is 12.3. The number of carbonyl (C=O) groups is 1. The first-order chi connectivity index (χ1) is 9.36. The first-order valence-corrected chi connectivity index (χ1v) is 5.53. The van der Waals surface area contributed by atoms with E-state index in [-0.39, 0.29) is 17.9 Å². The molecule has 0 radical (unpaired) electrons. The van der Waals surface area contributed by atoms with Gasteiger partial charge < -0.3 is 15.2 Å². The Morgan fingerprint density at radius 2 is 2.15 bits per heavy atom. The highest BCUT2D eigenvalue weighted by Gasteiger charge is 2.25. The zero-order chi connectivity index (χ0) is 15.3. The molecular formula is C11H12F2N2O5. The van der Waals surface area contributed by atoms with E-state index in [9.17, 15) is 23.7 Å². The minimum atomic E-state index is -3.22. The molecule has 0 spiro atoms. The average Bonchev–Trinajstić information content (AvgIpc) is 2.33. The van der Waals surface area contributed by atoms with Crippen LogP contribution >= 0.6 is 0 Å². The van der Waals surface area contributed by atoms with E-state index in [0.29, 0.717) is 0 Å². The lowest BCUT2D eigenvalue weighted by Crippen LogP contribution is -2.13. The molecule has 0 aromatic heterocycles. The summed E-state index contributed by atoms with van der Waals surface area (Å²) in [4.78, 5) is 21.5. The number of ether oxygens (including phenoxy) is 2. The summed E-state index contributed by atoms with van der Waals surface area (Å²) in [6, 6.07) is 2.08. The van der Waals surface area contributed by atoms with Gasteiger partial charge in [-0.2, -0.15) is 8.78 Å². The Morgan fingerprint density at radius 3 is 2.65 bits per heavy atom. The summed E-state index contributed by atoms with van der Waals surface area (Å²) in [5.74, 6) is -1.39. The number of rotatable bonds is 6. The smallest absolute Gasteiger partial charge is 0.387 e. The molecule has 0 atom stereocenters. The Balaban J connectivity index is 3.28. The van der Waals surface area contributed by atoms with E-state index in [2.05, 4.69) is 9.47 Å². The number of nitro groups is 1. The van der Waals surface area contributed by atoms with Crippen molar-refractivity contribution in [3.63, 3.8) is 0 Å². The highest BCUT2D eigenvalue weighted by molar-refractivity contribution is 5.78. The number of hydrogen-bond donors (Lipinski definition) is 1. The van der Waals surface area contributed by atoms with Crippen LogP contribution in [0.25, 0.3) is 0 Å². The molecule has 7 nitrogen and oxygen atoms in total.